The highest BCUT2D eigenvalue weighted by Crippen LogP contribution is 2.34. The molecule has 2 heterocycles. The first-order valence-electron chi connectivity index (χ1n) is 8.20. The summed E-state index contributed by atoms with van der Waals surface area (Å²) in [5, 5.41) is 16.4. The number of benzene rings is 1. The van der Waals surface area contributed by atoms with E-state index in [1.807, 2.05) is 18.2 Å². The van der Waals surface area contributed by atoms with Gasteiger partial charge in [-0.3, -0.25) is 4.79 Å². The summed E-state index contributed by atoms with van der Waals surface area (Å²) in [4.78, 5) is 17.6. The van der Waals surface area contributed by atoms with Gasteiger partial charge in [-0.25, -0.2) is 0 Å². The lowest BCUT2D eigenvalue weighted by molar-refractivity contribution is 0.0926. The molecule has 1 amide bonds. The number of amides is 1. The minimum atomic E-state index is -1.69. The SMILES string of the molecule is [B]C([B])([B])c1nc(-c2ccc3c(c2)CC[C@H]3NC(=O)c2nnn(C)n2)no1. The molecular weight excluding hydrogens is 343 g/mol. The predicted octanol–water partition coefficient (Wildman–Crippen LogP) is -0.707. The third-order valence-corrected chi connectivity index (χ3v) is 4.29. The molecule has 0 saturated heterocycles. The lowest BCUT2D eigenvalue weighted by Gasteiger charge is -2.13. The van der Waals surface area contributed by atoms with Crippen molar-refractivity contribution in [3.05, 3.63) is 41.0 Å². The maximum absolute atomic E-state index is 12.3. The topological polar surface area (TPSA) is 112 Å². The summed E-state index contributed by atoms with van der Waals surface area (Å²) in [5.74, 6) is -0.0388. The van der Waals surface area contributed by atoms with Crippen LogP contribution in [-0.4, -0.2) is 59.8 Å². The average Bonchev–Trinajstić information content (AvgIpc) is 3.33. The number of carbonyl (C=O) groups excluding carboxylic acids is 1. The van der Waals surface area contributed by atoms with Crippen LogP contribution in [0.25, 0.3) is 11.4 Å². The van der Waals surface area contributed by atoms with Crippen LogP contribution in [0, 0.1) is 0 Å². The zero-order valence-corrected chi connectivity index (χ0v) is 14.5. The van der Waals surface area contributed by atoms with E-state index in [1.165, 1.54) is 4.80 Å². The largest absolute Gasteiger partial charge is 0.342 e. The molecule has 0 spiro atoms. The highest BCUT2D eigenvalue weighted by molar-refractivity contribution is 6.58. The van der Waals surface area contributed by atoms with Gasteiger partial charge in [0.1, 0.15) is 0 Å². The Bertz CT molecular complexity index is 1010. The highest BCUT2D eigenvalue weighted by atomic mass is 16.5. The van der Waals surface area contributed by atoms with Gasteiger partial charge in [0.2, 0.25) is 11.7 Å². The Morgan fingerprint density at radius 3 is 2.85 bits per heavy atom. The van der Waals surface area contributed by atoms with Gasteiger partial charge in [-0.05, 0) is 35.2 Å². The number of nitrogens with zero attached hydrogens (tertiary/aromatic N) is 6. The van der Waals surface area contributed by atoms with E-state index in [4.69, 9.17) is 28.1 Å². The minimum absolute atomic E-state index is 0.0377. The molecule has 4 rings (SSSR count). The zero-order valence-electron chi connectivity index (χ0n) is 14.5. The van der Waals surface area contributed by atoms with E-state index in [1.54, 1.807) is 7.05 Å². The fraction of sp³-hybridized carbons (Fsp3) is 0.333. The van der Waals surface area contributed by atoms with E-state index in [0.29, 0.717) is 5.82 Å². The van der Waals surface area contributed by atoms with E-state index in [0.717, 1.165) is 29.5 Å². The van der Waals surface area contributed by atoms with Gasteiger partial charge in [0.25, 0.3) is 11.7 Å². The van der Waals surface area contributed by atoms with Gasteiger partial charge in [-0.2, -0.15) is 9.78 Å². The van der Waals surface area contributed by atoms with Crippen molar-refractivity contribution in [1.29, 1.82) is 0 Å². The molecule has 12 heteroatoms. The Balaban J connectivity index is 1.54. The van der Waals surface area contributed by atoms with Crippen LogP contribution in [0.5, 0.6) is 0 Å². The number of rotatable bonds is 4. The minimum Gasteiger partial charge on any atom is -0.342 e. The Kier molecular flexibility index (Phi) is 4.13. The lowest BCUT2D eigenvalue weighted by Crippen LogP contribution is -2.28. The smallest absolute Gasteiger partial charge is 0.293 e. The van der Waals surface area contributed by atoms with Crippen LogP contribution in [0.4, 0.5) is 0 Å². The molecule has 1 aliphatic rings. The van der Waals surface area contributed by atoms with Crippen molar-refractivity contribution in [2.24, 2.45) is 7.05 Å². The maximum atomic E-state index is 12.3. The van der Waals surface area contributed by atoms with E-state index in [2.05, 4.69) is 30.9 Å². The number of aromatic nitrogens is 6. The van der Waals surface area contributed by atoms with E-state index in [9.17, 15) is 4.79 Å². The Morgan fingerprint density at radius 1 is 1.37 bits per heavy atom. The summed E-state index contributed by atoms with van der Waals surface area (Å²) in [6.45, 7) is 0. The van der Waals surface area contributed by atoms with Gasteiger partial charge in [-0.1, -0.05) is 22.4 Å². The molecule has 0 bridgehead atoms. The van der Waals surface area contributed by atoms with Crippen LogP contribution in [0.3, 0.4) is 0 Å². The van der Waals surface area contributed by atoms with Gasteiger partial charge in [0.15, 0.2) is 0 Å². The number of hydrogen-bond donors (Lipinski definition) is 1. The molecule has 0 unspecified atom stereocenters. The van der Waals surface area contributed by atoms with Crippen molar-refractivity contribution in [1.82, 2.24) is 35.7 Å². The van der Waals surface area contributed by atoms with Gasteiger partial charge in [0, 0.05) is 5.56 Å². The monoisotopic (exact) mass is 355 g/mol. The molecule has 6 radical (unpaired) electrons. The maximum Gasteiger partial charge on any atom is 0.293 e. The van der Waals surface area contributed by atoms with Crippen molar-refractivity contribution >= 4 is 29.4 Å². The third-order valence-electron chi connectivity index (χ3n) is 4.29. The first kappa shape index (κ1) is 17.5. The molecule has 1 aliphatic carbocycles. The molecule has 0 saturated carbocycles. The van der Waals surface area contributed by atoms with Crippen LogP contribution < -0.4 is 5.32 Å². The van der Waals surface area contributed by atoms with Crippen molar-refractivity contribution in [3.8, 4) is 11.4 Å². The molecule has 1 atom stereocenters. The van der Waals surface area contributed by atoms with Gasteiger partial charge in [0.05, 0.1) is 36.6 Å². The van der Waals surface area contributed by atoms with Crippen molar-refractivity contribution in [3.63, 3.8) is 0 Å². The van der Waals surface area contributed by atoms with Gasteiger partial charge < -0.3 is 9.84 Å². The van der Waals surface area contributed by atoms with E-state index in [-0.39, 0.29) is 23.7 Å². The Morgan fingerprint density at radius 2 is 2.19 bits per heavy atom. The standard InChI is InChI=1S/C15H12B3N7O2/c1-25-22-12(21-24-25)13(26)19-10-5-3-7-6-8(2-4-9(7)10)11-20-14(27-23-11)15(16,17)18/h2,4,6,10H,3,5H2,1H3,(H,19,26)/t10-/m1/s1. The first-order valence-corrected chi connectivity index (χ1v) is 8.20. The summed E-state index contributed by atoms with van der Waals surface area (Å²) in [7, 11) is 18.3. The van der Waals surface area contributed by atoms with Gasteiger partial charge in [-0.15, -0.1) is 10.2 Å². The number of aryl methyl sites for hydroxylation is 2. The van der Waals surface area contributed by atoms with E-state index < -0.39 is 5.11 Å². The average molecular weight is 355 g/mol. The van der Waals surface area contributed by atoms with E-state index >= 15 is 0 Å². The quantitative estimate of drug-likeness (QED) is 0.616. The fourth-order valence-corrected chi connectivity index (χ4v) is 3.02. The number of carbonyl (C=O) groups is 1. The highest BCUT2D eigenvalue weighted by Gasteiger charge is 2.27. The second-order valence-corrected chi connectivity index (χ2v) is 6.44. The summed E-state index contributed by atoms with van der Waals surface area (Å²) in [5.41, 5.74) is 2.84. The molecule has 9 nitrogen and oxygen atoms in total. The number of fused-ring (bicyclic) bond motifs is 1. The molecule has 0 aliphatic heterocycles. The molecular formula is C15H12B3N7O2. The molecule has 2 aromatic heterocycles. The van der Waals surface area contributed by atoms with Crippen LogP contribution in [0.1, 0.15) is 40.1 Å². The molecule has 27 heavy (non-hydrogen) atoms. The third kappa shape index (κ3) is 3.39. The predicted molar refractivity (Wildman–Crippen MR) is 96.0 cm³/mol. The molecule has 3 aromatic rings. The van der Waals surface area contributed by atoms with Crippen molar-refractivity contribution < 1.29 is 9.32 Å². The van der Waals surface area contributed by atoms with Crippen molar-refractivity contribution in [2.45, 2.75) is 24.0 Å². The summed E-state index contributed by atoms with van der Waals surface area (Å²) < 4.78 is 5.01. The Hall–Kier alpha value is -2.91. The number of hydrogen-bond acceptors (Lipinski definition) is 7. The molecule has 128 valence electrons. The summed E-state index contributed by atoms with van der Waals surface area (Å²) in [6.07, 6.45) is 1.56. The number of nitrogens with one attached hydrogen (secondary N) is 1. The fourth-order valence-electron chi connectivity index (χ4n) is 3.02. The molecule has 1 N–H and O–H groups in total. The first-order chi connectivity index (χ1) is 12.8. The van der Waals surface area contributed by atoms with Crippen molar-refractivity contribution in [2.75, 3.05) is 0 Å². The zero-order chi connectivity index (χ0) is 19.2. The second-order valence-electron chi connectivity index (χ2n) is 6.44. The lowest BCUT2D eigenvalue weighted by atomic mass is 9.42. The molecule has 1 aromatic carbocycles. The second kappa shape index (κ2) is 6.36. The number of tetrazole rings is 1. The summed E-state index contributed by atoms with van der Waals surface area (Å²) >= 11 is 0. The van der Waals surface area contributed by atoms with Crippen LogP contribution in [0.2, 0.25) is 0 Å². The molecule has 0 fully saturated rings. The van der Waals surface area contributed by atoms with Crippen LogP contribution in [-0.2, 0) is 18.6 Å². The van der Waals surface area contributed by atoms with Crippen LogP contribution >= 0.6 is 0 Å². The summed E-state index contributed by atoms with van der Waals surface area (Å²) in [6, 6.07) is 5.57. The normalized spacial score (nSPS) is 16.3. The Labute approximate surface area is 158 Å². The van der Waals surface area contributed by atoms with Crippen LogP contribution in [0.15, 0.2) is 22.7 Å². The van der Waals surface area contributed by atoms with Gasteiger partial charge >= 0.3 is 0 Å².